The maximum Gasteiger partial charge on any atom is 0.212 e. The van der Waals surface area contributed by atoms with E-state index in [1.54, 1.807) is 13.3 Å². The van der Waals surface area contributed by atoms with Crippen LogP contribution in [0, 0.1) is 0 Å². The topological polar surface area (TPSA) is 60.2 Å². The smallest absolute Gasteiger partial charge is 0.212 e. The number of nitrogens with two attached hydrogens (primary N) is 1. The van der Waals surface area contributed by atoms with Gasteiger partial charge in [-0.05, 0) is 39.7 Å². The van der Waals surface area contributed by atoms with E-state index in [4.69, 9.17) is 10.5 Å². The number of hydrogen-bond donors (Lipinski definition) is 2. The number of nitrogen functional groups attached to an aromatic ring is 1. The number of hydrogen-bond acceptors (Lipinski definition) is 4. The molecule has 4 nitrogen and oxygen atoms in total. The number of anilines is 2. The van der Waals surface area contributed by atoms with Gasteiger partial charge in [0.05, 0.1) is 7.11 Å². The molecule has 5 heteroatoms. The molecule has 0 fully saturated rings. The van der Waals surface area contributed by atoms with Gasteiger partial charge >= 0.3 is 0 Å². The largest absolute Gasteiger partial charge is 0.481 e. The summed E-state index contributed by atoms with van der Waals surface area (Å²) >= 11 is 3.47. The molecule has 0 bridgehead atoms. The van der Waals surface area contributed by atoms with Crippen LogP contribution in [0.15, 0.2) is 41.0 Å². The van der Waals surface area contributed by atoms with Crippen LogP contribution in [0.3, 0.4) is 0 Å². The minimum atomic E-state index is 0.618. The summed E-state index contributed by atoms with van der Waals surface area (Å²) in [7, 11) is 1.60. The van der Waals surface area contributed by atoms with Gasteiger partial charge in [-0.2, -0.15) is 0 Å². The minimum Gasteiger partial charge on any atom is -0.481 e. The summed E-state index contributed by atoms with van der Waals surface area (Å²) in [5.74, 6) is 0.618. The van der Waals surface area contributed by atoms with Gasteiger partial charge in [-0.15, -0.1) is 0 Å². The maximum atomic E-state index is 5.69. The van der Waals surface area contributed by atoms with Gasteiger partial charge in [-0.3, -0.25) is 0 Å². The number of benzene rings is 1. The SMILES string of the molecule is COc1ccc(CNc2ccc(N)cc2Br)cn1. The zero-order valence-electron chi connectivity index (χ0n) is 9.98. The zero-order chi connectivity index (χ0) is 13.0. The molecule has 0 aliphatic rings. The highest BCUT2D eigenvalue weighted by Crippen LogP contribution is 2.25. The summed E-state index contributed by atoms with van der Waals surface area (Å²) < 4.78 is 5.96. The van der Waals surface area contributed by atoms with Crippen LogP contribution in [0.5, 0.6) is 5.88 Å². The molecule has 18 heavy (non-hydrogen) atoms. The second-order valence-corrected chi connectivity index (χ2v) is 4.66. The first kappa shape index (κ1) is 12.7. The van der Waals surface area contributed by atoms with E-state index in [0.717, 1.165) is 21.4 Å². The van der Waals surface area contributed by atoms with Crippen molar-refractivity contribution in [3.8, 4) is 5.88 Å². The van der Waals surface area contributed by atoms with Gasteiger partial charge in [-0.25, -0.2) is 4.98 Å². The fourth-order valence-electron chi connectivity index (χ4n) is 1.51. The average Bonchev–Trinajstić information content (AvgIpc) is 2.38. The lowest BCUT2D eigenvalue weighted by molar-refractivity contribution is 0.397. The van der Waals surface area contributed by atoms with E-state index in [-0.39, 0.29) is 0 Å². The van der Waals surface area contributed by atoms with Gasteiger partial charge in [0.1, 0.15) is 0 Å². The van der Waals surface area contributed by atoms with E-state index < -0.39 is 0 Å². The number of aromatic nitrogens is 1. The predicted octanol–water partition coefficient (Wildman–Crippen LogP) is 3.05. The van der Waals surface area contributed by atoms with Gasteiger partial charge in [0.2, 0.25) is 5.88 Å². The number of ether oxygens (including phenoxy) is 1. The van der Waals surface area contributed by atoms with E-state index in [1.165, 1.54) is 0 Å². The van der Waals surface area contributed by atoms with E-state index >= 15 is 0 Å². The third-order valence-corrected chi connectivity index (χ3v) is 3.14. The molecule has 3 N–H and O–H groups in total. The Kier molecular flexibility index (Phi) is 4.04. The summed E-state index contributed by atoms with van der Waals surface area (Å²) in [5.41, 5.74) is 8.50. The molecule has 0 aliphatic heterocycles. The van der Waals surface area contributed by atoms with Crippen molar-refractivity contribution in [2.45, 2.75) is 6.54 Å². The van der Waals surface area contributed by atoms with Crippen molar-refractivity contribution < 1.29 is 4.74 Å². The normalized spacial score (nSPS) is 10.1. The molecule has 0 amide bonds. The van der Waals surface area contributed by atoms with Gasteiger partial charge in [0.15, 0.2) is 0 Å². The van der Waals surface area contributed by atoms with E-state index in [2.05, 4.69) is 26.2 Å². The molecule has 0 saturated heterocycles. The van der Waals surface area contributed by atoms with Crippen molar-refractivity contribution in [1.29, 1.82) is 0 Å². The third kappa shape index (κ3) is 3.13. The molecular formula is C13H14BrN3O. The number of pyridine rings is 1. The molecule has 1 aromatic carbocycles. The summed E-state index contributed by atoms with van der Waals surface area (Å²) in [5, 5.41) is 3.31. The monoisotopic (exact) mass is 307 g/mol. The quantitative estimate of drug-likeness (QED) is 0.852. The highest BCUT2D eigenvalue weighted by atomic mass is 79.9. The Hall–Kier alpha value is -1.75. The molecule has 0 aliphatic carbocycles. The first-order chi connectivity index (χ1) is 8.69. The standard InChI is InChI=1S/C13H14BrN3O/c1-18-13-5-2-9(8-17-13)7-16-12-4-3-10(15)6-11(12)14/h2-6,8,16H,7,15H2,1H3. The maximum absolute atomic E-state index is 5.69. The summed E-state index contributed by atoms with van der Waals surface area (Å²) in [4.78, 5) is 4.15. The van der Waals surface area contributed by atoms with Crippen molar-refractivity contribution in [3.05, 3.63) is 46.6 Å². The fourth-order valence-corrected chi connectivity index (χ4v) is 2.04. The number of nitrogens with one attached hydrogen (secondary N) is 1. The summed E-state index contributed by atoms with van der Waals surface area (Å²) in [6.45, 7) is 0.694. The highest BCUT2D eigenvalue weighted by molar-refractivity contribution is 9.10. The molecule has 0 spiro atoms. The molecule has 2 aromatic rings. The number of nitrogens with zero attached hydrogens (tertiary/aromatic N) is 1. The Balaban J connectivity index is 2.02. The zero-order valence-corrected chi connectivity index (χ0v) is 11.6. The van der Waals surface area contributed by atoms with Crippen LogP contribution in [0.2, 0.25) is 0 Å². The molecule has 1 heterocycles. The lowest BCUT2D eigenvalue weighted by Gasteiger charge is -2.09. The van der Waals surface area contributed by atoms with Gasteiger partial charge in [-0.1, -0.05) is 6.07 Å². The van der Waals surface area contributed by atoms with Gasteiger partial charge < -0.3 is 15.8 Å². The van der Waals surface area contributed by atoms with Crippen LogP contribution < -0.4 is 15.8 Å². The van der Waals surface area contributed by atoms with Gasteiger partial charge in [0, 0.05) is 34.7 Å². The predicted molar refractivity (Wildman–Crippen MR) is 76.7 cm³/mol. The molecule has 0 radical (unpaired) electrons. The van der Waals surface area contributed by atoms with Crippen molar-refractivity contribution in [3.63, 3.8) is 0 Å². The Morgan fingerprint density at radius 1 is 1.33 bits per heavy atom. The van der Waals surface area contributed by atoms with Gasteiger partial charge in [0.25, 0.3) is 0 Å². The Bertz CT molecular complexity index is 528. The van der Waals surface area contributed by atoms with Crippen LogP contribution in [0.4, 0.5) is 11.4 Å². The Morgan fingerprint density at radius 2 is 2.17 bits per heavy atom. The minimum absolute atomic E-state index is 0.618. The van der Waals surface area contributed by atoms with Crippen LogP contribution in [-0.2, 0) is 6.54 Å². The van der Waals surface area contributed by atoms with Crippen molar-refractivity contribution >= 4 is 27.3 Å². The molecule has 0 atom stereocenters. The molecule has 1 aromatic heterocycles. The summed E-state index contributed by atoms with van der Waals surface area (Å²) in [6, 6.07) is 9.49. The van der Waals surface area contributed by atoms with Crippen LogP contribution in [0.1, 0.15) is 5.56 Å². The lowest BCUT2D eigenvalue weighted by atomic mass is 10.2. The molecule has 94 valence electrons. The molecule has 0 saturated carbocycles. The number of halogens is 1. The van der Waals surface area contributed by atoms with Crippen molar-refractivity contribution in [2.75, 3.05) is 18.2 Å². The van der Waals surface area contributed by atoms with E-state index in [1.807, 2.05) is 30.3 Å². The summed E-state index contributed by atoms with van der Waals surface area (Å²) in [6.07, 6.45) is 1.79. The van der Waals surface area contributed by atoms with Crippen LogP contribution in [-0.4, -0.2) is 12.1 Å². The van der Waals surface area contributed by atoms with Crippen LogP contribution >= 0.6 is 15.9 Å². The van der Waals surface area contributed by atoms with Crippen molar-refractivity contribution in [1.82, 2.24) is 4.98 Å². The third-order valence-electron chi connectivity index (χ3n) is 2.48. The lowest BCUT2D eigenvalue weighted by Crippen LogP contribution is -2.01. The molecule has 2 rings (SSSR count). The fraction of sp³-hybridized carbons (Fsp3) is 0.154. The second kappa shape index (κ2) is 5.73. The number of rotatable bonds is 4. The van der Waals surface area contributed by atoms with Crippen molar-refractivity contribution in [2.24, 2.45) is 0 Å². The highest BCUT2D eigenvalue weighted by Gasteiger charge is 2.00. The number of methoxy groups -OCH3 is 1. The Labute approximate surface area is 114 Å². The first-order valence-corrected chi connectivity index (χ1v) is 6.26. The van der Waals surface area contributed by atoms with E-state index in [9.17, 15) is 0 Å². The molecular weight excluding hydrogens is 294 g/mol. The average molecular weight is 308 g/mol. The second-order valence-electron chi connectivity index (χ2n) is 3.80. The first-order valence-electron chi connectivity index (χ1n) is 5.47. The van der Waals surface area contributed by atoms with Crippen LogP contribution in [0.25, 0.3) is 0 Å². The molecule has 0 unspecified atom stereocenters. The Morgan fingerprint density at radius 3 is 2.78 bits per heavy atom. The van der Waals surface area contributed by atoms with E-state index in [0.29, 0.717) is 12.4 Å².